The van der Waals surface area contributed by atoms with Gasteiger partial charge in [0.05, 0.1) is 31.2 Å². The molecule has 0 radical (unpaired) electrons. The Kier molecular flexibility index (Phi) is 10.9. The first kappa shape index (κ1) is 39.5. The first-order valence-corrected chi connectivity index (χ1v) is 19.5. The smallest absolute Gasteiger partial charge is 0.410 e. The molecule has 28 heteroatoms. The van der Waals surface area contributed by atoms with E-state index in [0.717, 1.165) is 17.2 Å². The van der Waals surface area contributed by atoms with Gasteiger partial charge in [-0.25, -0.2) is 28.2 Å². The average Bonchev–Trinajstić information content (AvgIpc) is 3.32. The van der Waals surface area contributed by atoms with Crippen molar-refractivity contribution in [2.24, 2.45) is 10.7 Å². The van der Waals surface area contributed by atoms with Gasteiger partial charge < -0.3 is 20.3 Å². The molecule has 0 aliphatic carbocycles. The Morgan fingerprint density at radius 2 is 1.51 bits per heavy atom. The molecule has 2 aromatic heterocycles. The SMILES string of the molecule is CN1C(c2nn(Cc3ccccc3F)c3ncc(F)cc23)=NC(=N)C(OC(=O)N(CC(S(=O)(=O)O)S(=O)(=O)O)CC(S(=O)(=O)O)S(=O)(=O)O)C1N. The number of fused-ring (bicyclic) bond motifs is 1. The first-order valence-electron chi connectivity index (χ1n) is 13.5. The number of benzene rings is 1. The van der Waals surface area contributed by atoms with E-state index < -0.39 is 98.6 Å². The predicted octanol–water partition coefficient (Wildman–Crippen LogP) is -1.28. The van der Waals surface area contributed by atoms with Crippen LogP contribution in [-0.2, 0) is 51.8 Å². The lowest BCUT2D eigenvalue weighted by atomic mass is 10.1. The Morgan fingerprint density at radius 1 is 0.980 bits per heavy atom. The van der Waals surface area contributed by atoms with Crippen molar-refractivity contribution in [2.45, 2.75) is 28.0 Å². The molecule has 3 heterocycles. The zero-order valence-corrected chi connectivity index (χ0v) is 28.7. The zero-order valence-electron chi connectivity index (χ0n) is 25.4. The summed E-state index contributed by atoms with van der Waals surface area (Å²) >= 11 is 0. The Hall–Kier alpha value is -4.29. The summed E-state index contributed by atoms with van der Waals surface area (Å²) in [5.74, 6) is -2.64. The Balaban J connectivity index is 1.74. The highest BCUT2D eigenvalue weighted by Gasteiger charge is 2.45. The molecule has 1 aliphatic rings. The molecule has 1 aromatic carbocycles. The number of nitrogens with one attached hydrogen (secondary N) is 1. The fourth-order valence-corrected chi connectivity index (χ4v) is 8.59. The number of carbonyl (C=O) groups is 1. The summed E-state index contributed by atoms with van der Waals surface area (Å²) in [6.45, 7) is -4.15. The number of hydrogen-bond acceptors (Lipinski definition) is 15. The van der Waals surface area contributed by atoms with Crippen molar-refractivity contribution >= 4 is 69.3 Å². The molecule has 7 N–H and O–H groups in total. The van der Waals surface area contributed by atoms with Gasteiger partial charge in [0.25, 0.3) is 40.5 Å². The van der Waals surface area contributed by atoms with Crippen molar-refractivity contribution in [3.8, 4) is 0 Å². The van der Waals surface area contributed by atoms with E-state index in [2.05, 4.69) is 15.1 Å². The normalized spacial score (nSPS) is 17.6. The monoisotopic (exact) mass is 804 g/mol. The number of amides is 1. The fraction of sp³-hybridized carbons (Fsp3) is 0.348. The summed E-state index contributed by atoms with van der Waals surface area (Å²) in [7, 11) is -22.3. The average molecular weight is 805 g/mol. The number of carbonyl (C=O) groups excluding carboxylic acids is 1. The highest BCUT2D eigenvalue weighted by atomic mass is 32.3. The van der Waals surface area contributed by atoms with E-state index >= 15 is 0 Å². The molecule has 0 bridgehead atoms. The van der Waals surface area contributed by atoms with E-state index in [1.807, 2.05) is 0 Å². The molecule has 22 nitrogen and oxygen atoms in total. The van der Waals surface area contributed by atoms with Gasteiger partial charge in [-0.1, -0.05) is 18.2 Å². The second-order valence-corrected chi connectivity index (χ2v) is 17.7. The van der Waals surface area contributed by atoms with Crippen molar-refractivity contribution in [2.75, 3.05) is 20.1 Å². The molecule has 2 atom stereocenters. The Morgan fingerprint density at radius 3 is 2.02 bits per heavy atom. The van der Waals surface area contributed by atoms with Crippen molar-refractivity contribution in [3.05, 3.63) is 59.4 Å². The van der Waals surface area contributed by atoms with Crippen molar-refractivity contribution in [1.82, 2.24) is 24.6 Å². The first-order chi connectivity index (χ1) is 23.3. The minimum atomic E-state index is -5.87. The summed E-state index contributed by atoms with van der Waals surface area (Å²) in [4.78, 5) is 21.9. The quantitative estimate of drug-likeness (QED) is 0.116. The third-order valence-corrected chi connectivity index (χ3v) is 13.4. The van der Waals surface area contributed by atoms with Crippen LogP contribution in [0.3, 0.4) is 0 Å². The molecule has 51 heavy (non-hydrogen) atoms. The molecule has 4 rings (SSSR count). The van der Waals surface area contributed by atoms with Crippen LogP contribution in [0.2, 0.25) is 0 Å². The minimum absolute atomic E-state index is 0.00138. The number of aromatic nitrogens is 3. The van der Waals surface area contributed by atoms with Gasteiger partial charge >= 0.3 is 6.09 Å². The van der Waals surface area contributed by atoms with E-state index in [1.54, 1.807) is 6.07 Å². The number of aliphatic imine (C=N–C) groups is 1. The van der Waals surface area contributed by atoms with E-state index in [4.69, 9.17) is 15.9 Å². The predicted molar refractivity (Wildman–Crippen MR) is 169 cm³/mol. The molecule has 3 aromatic rings. The molecular formula is C23H26F2N8O14S4. The van der Waals surface area contributed by atoms with Gasteiger partial charge in [0.15, 0.2) is 23.4 Å². The van der Waals surface area contributed by atoms with Crippen LogP contribution in [0.25, 0.3) is 11.0 Å². The number of nitrogens with zero attached hydrogens (tertiary/aromatic N) is 6. The number of halogens is 2. The lowest BCUT2D eigenvalue weighted by Gasteiger charge is -2.37. The molecule has 0 fully saturated rings. The molecule has 1 aliphatic heterocycles. The number of hydrogen-bond donors (Lipinski definition) is 6. The van der Waals surface area contributed by atoms with E-state index in [9.17, 15) is 65.5 Å². The number of rotatable bonds is 12. The van der Waals surface area contributed by atoms with Crippen LogP contribution in [0.4, 0.5) is 13.6 Å². The molecular weight excluding hydrogens is 779 g/mol. The number of nitrogens with two attached hydrogens (primary N) is 1. The van der Waals surface area contributed by atoms with Crippen LogP contribution in [-0.4, -0.2) is 136 Å². The highest BCUT2D eigenvalue weighted by molar-refractivity contribution is 8.04. The standard InChI is InChI=1S/C23H26F2N8O14S4/c1-31-20(27)18(47-23(34)32(9-15(48(35,36)37)49(38,39)40)10-16(50(41,42)43)51(44,45)46)19(26)29-22(31)17-13-6-12(24)7-28-21(13)33(30-17)8-11-4-2-3-5-14(11)25/h2-7,15-16,18,20,26H,8-10,27H2,1H3,(H,35,36,37)(H,38,39,40)(H,41,42,43)(H,44,45,46). The summed E-state index contributed by atoms with van der Waals surface area (Å²) in [6.07, 6.45) is -4.93. The van der Waals surface area contributed by atoms with Crippen LogP contribution in [0.5, 0.6) is 0 Å². The topological polar surface area (TPSA) is 343 Å². The Labute approximate surface area is 287 Å². The summed E-state index contributed by atoms with van der Waals surface area (Å²) in [5.41, 5.74) is 6.23. The second-order valence-electron chi connectivity index (χ2n) is 10.7. The van der Waals surface area contributed by atoms with Crippen LogP contribution < -0.4 is 5.73 Å². The lowest BCUT2D eigenvalue weighted by molar-refractivity contribution is 0.0600. The number of ether oxygens (including phenoxy) is 1. The van der Waals surface area contributed by atoms with Crippen LogP contribution in [0.1, 0.15) is 11.3 Å². The van der Waals surface area contributed by atoms with Crippen molar-refractivity contribution in [3.63, 3.8) is 0 Å². The Bertz CT molecular complexity index is 2240. The van der Waals surface area contributed by atoms with Crippen LogP contribution >= 0.6 is 0 Å². The van der Waals surface area contributed by atoms with Gasteiger partial charge in [-0.15, -0.1) is 0 Å². The lowest BCUT2D eigenvalue weighted by Crippen LogP contribution is -2.59. The molecule has 0 spiro atoms. The van der Waals surface area contributed by atoms with Gasteiger partial charge in [-0.3, -0.25) is 23.6 Å². The minimum Gasteiger partial charge on any atom is -0.434 e. The second kappa shape index (κ2) is 14.0. The number of likely N-dealkylation sites (N-methyl/N-ethyl adjacent to an activating group) is 1. The van der Waals surface area contributed by atoms with E-state index in [-0.39, 0.29) is 39.6 Å². The zero-order chi connectivity index (χ0) is 38.4. The highest BCUT2D eigenvalue weighted by Crippen LogP contribution is 2.25. The summed E-state index contributed by atoms with van der Waals surface area (Å²) in [5, 5.41) is 12.8. The third kappa shape index (κ3) is 8.78. The third-order valence-electron chi connectivity index (χ3n) is 7.18. The summed E-state index contributed by atoms with van der Waals surface area (Å²) in [6, 6.07) is 6.64. The molecule has 2 unspecified atom stereocenters. The van der Waals surface area contributed by atoms with Crippen molar-refractivity contribution in [1.29, 1.82) is 5.41 Å². The van der Waals surface area contributed by atoms with Gasteiger partial charge in [-0.2, -0.15) is 38.8 Å². The fourth-order valence-electron chi connectivity index (χ4n) is 4.66. The van der Waals surface area contributed by atoms with Crippen LogP contribution in [0, 0.1) is 17.0 Å². The summed E-state index contributed by atoms with van der Waals surface area (Å²) < 4.78 is 159. The molecule has 1 amide bonds. The van der Waals surface area contributed by atoms with E-state index in [1.165, 1.54) is 29.9 Å². The van der Waals surface area contributed by atoms with Gasteiger partial charge in [-0.05, 0) is 12.1 Å². The molecule has 0 saturated heterocycles. The van der Waals surface area contributed by atoms with Gasteiger partial charge in [0.1, 0.15) is 23.5 Å². The van der Waals surface area contributed by atoms with E-state index in [0.29, 0.717) is 0 Å². The maximum Gasteiger partial charge on any atom is 0.410 e. The maximum atomic E-state index is 14.4. The molecule has 0 saturated carbocycles. The number of pyridine rings is 1. The largest absolute Gasteiger partial charge is 0.434 e. The molecule has 280 valence electrons. The van der Waals surface area contributed by atoms with Crippen molar-refractivity contribution < 1.29 is 70.2 Å². The maximum absolute atomic E-state index is 14.4. The number of amidine groups is 2. The van der Waals surface area contributed by atoms with Crippen LogP contribution in [0.15, 0.2) is 41.5 Å². The van der Waals surface area contributed by atoms with Gasteiger partial charge in [0, 0.05) is 12.6 Å². The van der Waals surface area contributed by atoms with Gasteiger partial charge in [0.2, 0.25) is 9.16 Å².